The first-order valence-electron chi connectivity index (χ1n) is 6.24. The van der Waals surface area contributed by atoms with E-state index in [0.717, 1.165) is 19.4 Å². The van der Waals surface area contributed by atoms with E-state index in [1.807, 2.05) is 18.2 Å². The molecular formula is C15H16N2O2. The maximum absolute atomic E-state index is 10.8. The maximum Gasteiger partial charge on any atom is 0.354 e. The molecule has 2 N–H and O–H groups in total. The smallest absolute Gasteiger partial charge is 0.354 e. The van der Waals surface area contributed by atoms with Crippen LogP contribution in [-0.2, 0) is 6.42 Å². The van der Waals surface area contributed by atoms with Crippen LogP contribution in [0, 0.1) is 0 Å². The summed E-state index contributed by atoms with van der Waals surface area (Å²) in [6.45, 7) is 0.769. The van der Waals surface area contributed by atoms with Gasteiger partial charge in [0.1, 0.15) is 5.82 Å². The molecule has 0 spiro atoms. The standard InChI is InChI=1S/C15H16N2O2/c18-15(19)13-9-4-10-14(17-13)16-11-5-8-12-6-2-1-3-7-12/h1-4,6-7,9-10H,5,8,11H2,(H,16,17)(H,18,19). The molecule has 0 aliphatic heterocycles. The van der Waals surface area contributed by atoms with Gasteiger partial charge in [-0.15, -0.1) is 0 Å². The fraction of sp³-hybridized carbons (Fsp3) is 0.200. The van der Waals surface area contributed by atoms with E-state index >= 15 is 0 Å². The molecule has 0 atom stereocenters. The van der Waals surface area contributed by atoms with Gasteiger partial charge < -0.3 is 10.4 Å². The zero-order chi connectivity index (χ0) is 13.5. The molecule has 0 bridgehead atoms. The van der Waals surface area contributed by atoms with Crippen molar-refractivity contribution in [3.8, 4) is 0 Å². The molecule has 1 aromatic carbocycles. The van der Waals surface area contributed by atoms with Gasteiger partial charge in [0.15, 0.2) is 5.69 Å². The van der Waals surface area contributed by atoms with Crippen LogP contribution >= 0.6 is 0 Å². The number of anilines is 1. The van der Waals surface area contributed by atoms with Crippen molar-refractivity contribution in [3.63, 3.8) is 0 Å². The summed E-state index contributed by atoms with van der Waals surface area (Å²) in [7, 11) is 0. The van der Waals surface area contributed by atoms with Gasteiger partial charge in [0.25, 0.3) is 0 Å². The molecule has 0 saturated carbocycles. The Hall–Kier alpha value is -2.36. The number of benzene rings is 1. The topological polar surface area (TPSA) is 62.2 Å². The first kappa shape index (κ1) is 13.1. The zero-order valence-corrected chi connectivity index (χ0v) is 10.5. The molecule has 0 aliphatic carbocycles. The van der Waals surface area contributed by atoms with Crippen LogP contribution in [0.15, 0.2) is 48.5 Å². The van der Waals surface area contributed by atoms with Gasteiger partial charge in [0.05, 0.1) is 0 Å². The molecule has 98 valence electrons. The van der Waals surface area contributed by atoms with Crippen LogP contribution in [-0.4, -0.2) is 22.6 Å². The van der Waals surface area contributed by atoms with Gasteiger partial charge in [-0.2, -0.15) is 0 Å². The molecule has 0 radical (unpaired) electrons. The van der Waals surface area contributed by atoms with Crippen molar-refractivity contribution >= 4 is 11.8 Å². The van der Waals surface area contributed by atoms with Crippen molar-refractivity contribution in [2.75, 3.05) is 11.9 Å². The number of nitrogens with zero attached hydrogens (tertiary/aromatic N) is 1. The fourth-order valence-corrected chi connectivity index (χ4v) is 1.81. The van der Waals surface area contributed by atoms with E-state index in [0.29, 0.717) is 5.82 Å². The van der Waals surface area contributed by atoms with Crippen molar-refractivity contribution in [1.29, 1.82) is 0 Å². The first-order chi connectivity index (χ1) is 9.25. The summed E-state index contributed by atoms with van der Waals surface area (Å²) in [5.74, 6) is -0.402. The molecule has 1 heterocycles. The molecule has 0 amide bonds. The largest absolute Gasteiger partial charge is 0.477 e. The van der Waals surface area contributed by atoms with Gasteiger partial charge in [-0.25, -0.2) is 9.78 Å². The summed E-state index contributed by atoms with van der Waals surface area (Å²) < 4.78 is 0. The lowest BCUT2D eigenvalue weighted by Gasteiger charge is -2.06. The highest BCUT2D eigenvalue weighted by Crippen LogP contribution is 2.06. The lowest BCUT2D eigenvalue weighted by molar-refractivity contribution is 0.0690. The van der Waals surface area contributed by atoms with Gasteiger partial charge in [-0.1, -0.05) is 36.4 Å². The zero-order valence-electron chi connectivity index (χ0n) is 10.5. The van der Waals surface area contributed by atoms with Gasteiger partial charge in [-0.05, 0) is 30.5 Å². The van der Waals surface area contributed by atoms with Gasteiger partial charge in [0, 0.05) is 6.54 Å². The SMILES string of the molecule is O=C(O)c1cccc(NCCCc2ccccc2)n1. The Morgan fingerprint density at radius 2 is 1.89 bits per heavy atom. The third-order valence-corrected chi connectivity index (χ3v) is 2.76. The average Bonchev–Trinajstić information content (AvgIpc) is 2.45. The van der Waals surface area contributed by atoms with Crippen LogP contribution in [0.5, 0.6) is 0 Å². The molecular weight excluding hydrogens is 240 g/mol. The van der Waals surface area contributed by atoms with Gasteiger partial charge in [-0.3, -0.25) is 0 Å². The Morgan fingerprint density at radius 1 is 1.11 bits per heavy atom. The molecule has 0 fully saturated rings. The Kier molecular flexibility index (Phi) is 4.50. The quantitative estimate of drug-likeness (QED) is 0.780. The Balaban J connectivity index is 1.80. The lowest BCUT2D eigenvalue weighted by atomic mass is 10.1. The predicted octanol–water partition coefficient (Wildman–Crippen LogP) is 2.82. The molecule has 0 unspecified atom stereocenters. The third kappa shape index (κ3) is 4.10. The second-order valence-corrected chi connectivity index (χ2v) is 4.23. The molecule has 2 aromatic rings. The maximum atomic E-state index is 10.8. The van der Waals surface area contributed by atoms with E-state index in [4.69, 9.17) is 5.11 Å². The molecule has 2 rings (SSSR count). The molecule has 19 heavy (non-hydrogen) atoms. The lowest BCUT2D eigenvalue weighted by Crippen LogP contribution is -2.07. The van der Waals surface area contributed by atoms with Crippen molar-refractivity contribution in [1.82, 2.24) is 4.98 Å². The summed E-state index contributed by atoms with van der Waals surface area (Å²) in [6, 6.07) is 15.2. The third-order valence-electron chi connectivity index (χ3n) is 2.76. The van der Waals surface area contributed by atoms with Gasteiger partial charge in [0.2, 0.25) is 0 Å². The monoisotopic (exact) mass is 256 g/mol. The van der Waals surface area contributed by atoms with E-state index in [-0.39, 0.29) is 5.69 Å². The number of hydrogen-bond donors (Lipinski definition) is 2. The Bertz CT molecular complexity index is 541. The number of aryl methyl sites for hydroxylation is 1. The summed E-state index contributed by atoms with van der Waals surface area (Å²) in [4.78, 5) is 14.8. The number of carboxylic acids is 1. The molecule has 0 aliphatic rings. The number of aromatic nitrogens is 1. The minimum absolute atomic E-state index is 0.0630. The van der Waals surface area contributed by atoms with Crippen molar-refractivity contribution < 1.29 is 9.90 Å². The van der Waals surface area contributed by atoms with Crippen molar-refractivity contribution in [3.05, 3.63) is 59.8 Å². The van der Waals surface area contributed by atoms with Crippen LogP contribution in [0.1, 0.15) is 22.5 Å². The number of carboxylic acid groups (broad SMARTS) is 1. The van der Waals surface area contributed by atoms with E-state index < -0.39 is 5.97 Å². The van der Waals surface area contributed by atoms with Gasteiger partial charge >= 0.3 is 5.97 Å². The number of aromatic carboxylic acids is 1. The van der Waals surface area contributed by atoms with Crippen LogP contribution in [0.4, 0.5) is 5.82 Å². The van der Waals surface area contributed by atoms with Crippen LogP contribution in [0.3, 0.4) is 0 Å². The molecule has 4 heteroatoms. The number of pyridine rings is 1. The molecule has 1 aromatic heterocycles. The number of nitrogens with one attached hydrogen (secondary N) is 1. The highest BCUT2D eigenvalue weighted by atomic mass is 16.4. The highest BCUT2D eigenvalue weighted by Gasteiger charge is 2.04. The van der Waals surface area contributed by atoms with E-state index in [9.17, 15) is 4.79 Å². The van der Waals surface area contributed by atoms with Crippen LogP contribution in [0.2, 0.25) is 0 Å². The Labute approximate surface area is 112 Å². The second kappa shape index (κ2) is 6.54. The molecule has 0 saturated heterocycles. The average molecular weight is 256 g/mol. The van der Waals surface area contributed by atoms with Crippen LogP contribution in [0.25, 0.3) is 0 Å². The highest BCUT2D eigenvalue weighted by molar-refractivity contribution is 5.85. The van der Waals surface area contributed by atoms with Crippen molar-refractivity contribution in [2.45, 2.75) is 12.8 Å². The molecule has 4 nitrogen and oxygen atoms in total. The fourth-order valence-electron chi connectivity index (χ4n) is 1.81. The van der Waals surface area contributed by atoms with Crippen molar-refractivity contribution in [2.24, 2.45) is 0 Å². The number of rotatable bonds is 6. The second-order valence-electron chi connectivity index (χ2n) is 4.23. The summed E-state index contributed by atoms with van der Waals surface area (Å²) >= 11 is 0. The summed E-state index contributed by atoms with van der Waals surface area (Å²) in [5.41, 5.74) is 1.37. The summed E-state index contributed by atoms with van der Waals surface area (Å²) in [5, 5.41) is 12.0. The first-order valence-corrected chi connectivity index (χ1v) is 6.24. The van der Waals surface area contributed by atoms with E-state index in [1.165, 1.54) is 11.6 Å². The normalized spacial score (nSPS) is 10.1. The Morgan fingerprint density at radius 3 is 2.63 bits per heavy atom. The van der Waals surface area contributed by atoms with E-state index in [2.05, 4.69) is 22.4 Å². The van der Waals surface area contributed by atoms with E-state index in [1.54, 1.807) is 12.1 Å². The minimum atomic E-state index is -1.01. The van der Waals surface area contributed by atoms with Crippen LogP contribution < -0.4 is 5.32 Å². The minimum Gasteiger partial charge on any atom is -0.477 e. The number of hydrogen-bond acceptors (Lipinski definition) is 3. The summed E-state index contributed by atoms with van der Waals surface area (Å²) in [6.07, 6.45) is 1.97. The predicted molar refractivity (Wildman–Crippen MR) is 74.4 cm³/mol. The number of carbonyl (C=O) groups is 1.